The van der Waals surface area contributed by atoms with Gasteiger partial charge in [-0.05, 0) is 37.1 Å². The second kappa shape index (κ2) is 8.02. The first-order valence-corrected chi connectivity index (χ1v) is 9.73. The fourth-order valence-electron chi connectivity index (χ4n) is 3.44. The molecule has 2 amide bonds. The lowest BCUT2D eigenvalue weighted by Crippen LogP contribution is -2.51. The maximum atomic E-state index is 12.4. The number of amides is 2. The van der Waals surface area contributed by atoms with E-state index in [0.717, 1.165) is 35.6 Å². The molecule has 1 fully saturated rings. The minimum atomic E-state index is -0.00226. The van der Waals surface area contributed by atoms with Crippen LogP contribution in [0.5, 0.6) is 0 Å². The van der Waals surface area contributed by atoms with E-state index in [4.69, 9.17) is 4.42 Å². The summed E-state index contributed by atoms with van der Waals surface area (Å²) >= 11 is 0. The molecule has 0 unspecified atom stereocenters. The van der Waals surface area contributed by atoms with Gasteiger partial charge in [0.2, 0.25) is 5.89 Å². The van der Waals surface area contributed by atoms with Gasteiger partial charge in [0.1, 0.15) is 5.52 Å². The van der Waals surface area contributed by atoms with Gasteiger partial charge in [-0.15, -0.1) is 0 Å². The third-order valence-corrected chi connectivity index (χ3v) is 5.17. The van der Waals surface area contributed by atoms with E-state index >= 15 is 0 Å². The molecule has 1 saturated heterocycles. The summed E-state index contributed by atoms with van der Waals surface area (Å²) in [6.45, 7) is 8.38. The maximum Gasteiger partial charge on any atom is 0.317 e. The first-order valence-electron chi connectivity index (χ1n) is 9.73. The van der Waals surface area contributed by atoms with Crippen molar-refractivity contribution in [3.8, 4) is 0 Å². The second-order valence-corrected chi connectivity index (χ2v) is 7.49. The van der Waals surface area contributed by atoms with E-state index < -0.39 is 0 Å². The fraction of sp³-hybridized carbons (Fsp3) is 0.364. The van der Waals surface area contributed by atoms with Crippen molar-refractivity contribution in [1.82, 2.24) is 20.1 Å². The molecule has 0 saturated carbocycles. The first kappa shape index (κ1) is 18.5. The molecule has 1 aliphatic rings. The van der Waals surface area contributed by atoms with Gasteiger partial charge in [-0.1, -0.05) is 35.9 Å². The molecule has 28 heavy (non-hydrogen) atoms. The van der Waals surface area contributed by atoms with Gasteiger partial charge in [0, 0.05) is 32.7 Å². The number of benzene rings is 2. The van der Waals surface area contributed by atoms with Crippen molar-refractivity contribution in [2.45, 2.75) is 26.9 Å². The van der Waals surface area contributed by atoms with Crippen LogP contribution in [0.4, 0.5) is 4.79 Å². The summed E-state index contributed by atoms with van der Waals surface area (Å²) in [5.74, 6) is 0.734. The summed E-state index contributed by atoms with van der Waals surface area (Å²) < 4.78 is 5.88. The molecule has 0 radical (unpaired) electrons. The lowest BCUT2D eigenvalue weighted by molar-refractivity contribution is 0.129. The number of urea groups is 1. The van der Waals surface area contributed by atoms with Crippen LogP contribution in [0.2, 0.25) is 0 Å². The van der Waals surface area contributed by atoms with E-state index in [1.165, 1.54) is 11.1 Å². The van der Waals surface area contributed by atoms with Crippen LogP contribution >= 0.6 is 0 Å². The van der Waals surface area contributed by atoms with Crippen molar-refractivity contribution in [2.24, 2.45) is 0 Å². The average Bonchev–Trinajstić information content (AvgIpc) is 3.09. The van der Waals surface area contributed by atoms with Gasteiger partial charge in [0.05, 0.1) is 6.54 Å². The molecule has 1 N–H and O–H groups in total. The van der Waals surface area contributed by atoms with Crippen LogP contribution in [0.1, 0.15) is 22.6 Å². The van der Waals surface area contributed by atoms with E-state index in [-0.39, 0.29) is 6.03 Å². The Bertz CT molecular complexity index is 956. The van der Waals surface area contributed by atoms with Gasteiger partial charge >= 0.3 is 6.03 Å². The molecular weight excluding hydrogens is 352 g/mol. The molecule has 3 aromatic rings. The zero-order chi connectivity index (χ0) is 19.5. The summed E-state index contributed by atoms with van der Waals surface area (Å²) in [5.41, 5.74) is 5.24. The summed E-state index contributed by atoms with van der Waals surface area (Å²) in [4.78, 5) is 21.1. The van der Waals surface area contributed by atoms with Crippen LogP contribution < -0.4 is 5.32 Å². The van der Waals surface area contributed by atoms with Crippen LogP contribution in [-0.4, -0.2) is 47.0 Å². The Labute approximate surface area is 165 Å². The highest BCUT2D eigenvalue weighted by Crippen LogP contribution is 2.18. The quantitative estimate of drug-likeness (QED) is 0.755. The largest absolute Gasteiger partial charge is 0.439 e. The van der Waals surface area contributed by atoms with Gasteiger partial charge in [-0.2, -0.15) is 0 Å². The predicted octanol–water partition coefficient (Wildman–Crippen LogP) is 3.47. The molecular formula is C22H26N4O2. The Hall–Kier alpha value is -2.86. The van der Waals surface area contributed by atoms with Crippen molar-refractivity contribution in [3.05, 3.63) is 65.0 Å². The zero-order valence-electron chi connectivity index (χ0n) is 16.4. The number of fused-ring (bicyclic) bond motifs is 1. The molecule has 4 rings (SSSR count). The smallest absolute Gasteiger partial charge is 0.317 e. The highest BCUT2D eigenvalue weighted by atomic mass is 16.3. The van der Waals surface area contributed by atoms with E-state index in [9.17, 15) is 4.79 Å². The zero-order valence-corrected chi connectivity index (χ0v) is 16.4. The van der Waals surface area contributed by atoms with Gasteiger partial charge < -0.3 is 14.6 Å². The maximum absolute atomic E-state index is 12.4. The fourth-order valence-corrected chi connectivity index (χ4v) is 3.44. The molecule has 2 aromatic carbocycles. The van der Waals surface area contributed by atoms with Gasteiger partial charge in [0.15, 0.2) is 5.58 Å². The highest BCUT2D eigenvalue weighted by Gasteiger charge is 2.22. The number of rotatable bonds is 4. The van der Waals surface area contributed by atoms with Crippen molar-refractivity contribution in [3.63, 3.8) is 0 Å². The minimum Gasteiger partial charge on any atom is -0.439 e. The molecule has 0 bridgehead atoms. The first-order chi connectivity index (χ1) is 13.6. The summed E-state index contributed by atoms with van der Waals surface area (Å²) in [6, 6.07) is 14.3. The number of oxazole rings is 1. The highest BCUT2D eigenvalue weighted by molar-refractivity contribution is 5.74. The number of nitrogens with zero attached hydrogens (tertiary/aromatic N) is 3. The van der Waals surface area contributed by atoms with Crippen molar-refractivity contribution < 1.29 is 9.21 Å². The summed E-state index contributed by atoms with van der Waals surface area (Å²) in [6.07, 6.45) is 0. The minimum absolute atomic E-state index is 0.00226. The Morgan fingerprint density at radius 1 is 1.04 bits per heavy atom. The van der Waals surface area contributed by atoms with Crippen molar-refractivity contribution in [1.29, 1.82) is 0 Å². The van der Waals surface area contributed by atoms with Crippen molar-refractivity contribution >= 4 is 17.1 Å². The second-order valence-electron chi connectivity index (χ2n) is 7.49. The van der Waals surface area contributed by atoms with Gasteiger partial charge in [0.25, 0.3) is 0 Å². The van der Waals surface area contributed by atoms with Crippen LogP contribution in [0.15, 0.2) is 46.9 Å². The summed E-state index contributed by atoms with van der Waals surface area (Å²) in [7, 11) is 0. The Morgan fingerprint density at radius 3 is 2.50 bits per heavy atom. The molecule has 0 aliphatic carbocycles. The Balaban J connectivity index is 1.26. The van der Waals surface area contributed by atoms with Crippen LogP contribution in [0.25, 0.3) is 11.1 Å². The molecule has 0 spiro atoms. The van der Waals surface area contributed by atoms with E-state index in [2.05, 4.69) is 46.4 Å². The topological polar surface area (TPSA) is 61.6 Å². The van der Waals surface area contributed by atoms with Gasteiger partial charge in [-0.25, -0.2) is 9.78 Å². The summed E-state index contributed by atoms with van der Waals surface area (Å²) in [5, 5.41) is 3.01. The predicted molar refractivity (Wildman–Crippen MR) is 109 cm³/mol. The monoisotopic (exact) mass is 378 g/mol. The van der Waals surface area contributed by atoms with E-state index in [1.807, 2.05) is 30.0 Å². The van der Waals surface area contributed by atoms with E-state index in [0.29, 0.717) is 26.2 Å². The van der Waals surface area contributed by atoms with E-state index in [1.54, 1.807) is 0 Å². The third-order valence-electron chi connectivity index (χ3n) is 5.17. The Kier molecular flexibility index (Phi) is 5.30. The number of nitrogens with one attached hydrogen (secondary N) is 1. The number of piperazine rings is 1. The van der Waals surface area contributed by atoms with Crippen LogP contribution in [-0.2, 0) is 13.1 Å². The molecule has 1 aromatic heterocycles. The van der Waals surface area contributed by atoms with Crippen molar-refractivity contribution in [2.75, 3.05) is 26.2 Å². The molecule has 2 heterocycles. The number of hydrogen-bond donors (Lipinski definition) is 1. The molecule has 146 valence electrons. The Morgan fingerprint density at radius 2 is 1.75 bits per heavy atom. The normalized spacial score (nSPS) is 15.1. The number of carbonyl (C=O) groups is 1. The lowest BCUT2D eigenvalue weighted by Gasteiger charge is -2.34. The SMILES string of the molecule is Cc1ccc(CNC(=O)N2CCN(Cc3nc4ccc(C)cc4o3)CC2)cc1. The standard InChI is InChI=1S/C22H26N4O2/c1-16-3-6-18(7-4-16)14-23-22(27)26-11-9-25(10-12-26)15-21-24-19-8-5-17(2)13-20(19)28-21/h3-8,13H,9-12,14-15H2,1-2H3,(H,23,27). The average molecular weight is 378 g/mol. The number of aromatic nitrogens is 1. The molecule has 6 nitrogen and oxygen atoms in total. The number of hydrogen-bond acceptors (Lipinski definition) is 4. The van der Waals surface area contributed by atoms with Gasteiger partial charge in [-0.3, -0.25) is 4.90 Å². The number of carbonyl (C=O) groups excluding carboxylic acids is 1. The molecule has 1 aliphatic heterocycles. The third kappa shape index (κ3) is 4.34. The van der Waals surface area contributed by atoms with Crippen LogP contribution in [0, 0.1) is 13.8 Å². The number of aryl methyl sites for hydroxylation is 2. The van der Waals surface area contributed by atoms with Crippen LogP contribution in [0.3, 0.4) is 0 Å². The molecule has 0 atom stereocenters. The lowest BCUT2D eigenvalue weighted by atomic mass is 10.1. The molecule has 6 heteroatoms.